The van der Waals surface area contributed by atoms with Gasteiger partial charge >= 0.3 is 0 Å². The van der Waals surface area contributed by atoms with Crippen LogP contribution in [-0.2, 0) is 11.4 Å². The number of carbonyl (C=O) groups excluding carboxylic acids is 1. The van der Waals surface area contributed by atoms with Gasteiger partial charge in [-0.3, -0.25) is 4.79 Å². The molecule has 2 aromatic rings. The summed E-state index contributed by atoms with van der Waals surface area (Å²) < 4.78 is 6.20. The fraction of sp³-hybridized carbons (Fsp3) is 0.0588. The Hall–Kier alpha value is -1.53. The zero-order valence-corrected chi connectivity index (χ0v) is 15.4. The van der Waals surface area contributed by atoms with Gasteiger partial charge in [0, 0.05) is 15.6 Å². The van der Waals surface area contributed by atoms with Gasteiger partial charge in [-0.1, -0.05) is 65.4 Å². The van der Waals surface area contributed by atoms with Crippen molar-refractivity contribution in [2.45, 2.75) is 6.61 Å². The highest BCUT2D eigenvalue weighted by Gasteiger charge is 2.21. The van der Waals surface area contributed by atoms with Gasteiger partial charge in [-0.15, -0.1) is 0 Å². The predicted molar refractivity (Wildman–Crippen MR) is 104 cm³/mol. The molecule has 3 nitrogen and oxygen atoms in total. The summed E-state index contributed by atoms with van der Waals surface area (Å²) >= 11 is 18.2. The Kier molecular flexibility index (Phi) is 5.46. The van der Waals surface area contributed by atoms with E-state index >= 15 is 0 Å². The zero-order chi connectivity index (χ0) is 17.1. The third kappa shape index (κ3) is 4.30. The van der Waals surface area contributed by atoms with Crippen molar-refractivity contribution in [3.05, 3.63) is 68.5 Å². The van der Waals surface area contributed by atoms with Crippen LogP contribution in [0.3, 0.4) is 0 Å². The van der Waals surface area contributed by atoms with Crippen molar-refractivity contribution >= 4 is 63.5 Å². The number of halogens is 2. The van der Waals surface area contributed by atoms with E-state index in [2.05, 4.69) is 5.32 Å². The third-order valence-corrected chi connectivity index (χ3v) is 4.98. The molecule has 7 heteroatoms. The van der Waals surface area contributed by atoms with E-state index in [1.165, 1.54) is 11.8 Å². The van der Waals surface area contributed by atoms with E-state index < -0.39 is 0 Å². The average Bonchev–Trinajstić information content (AvgIpc) is 2.85. The van der Waals surface area contributed by atoms with Gasteiger partial charge in [0.1, 0.15) is 16.7 Å². The highest BCUT2D eigenvalue weighted by Crippen LogP contribution is 2.27. The van der Waals surface area contributed by atoms with Gasteiger partial charge in [0.05, 0.1) is 4.91 Å². The van der Waals surface area contributed by atoms with Crippen LogP contribution in [0.2, 0.25) is 10.0 Å². The number of hydrogen-bond acceptors (Lipinski definition) is 4. The lowest BCUT2D eigenvalue weighted by Crippen LogP contribution is -2.17. The molecular formula is C17H11Cl2NO2S2. The van der Waals surface area contributed by atoms with Gasteiger partial charge in [-0.25, -0.2) is 0 Å². The Bertz CT molecular complexity index is 835. The standard InChI is InChI=1S/C17H11Cl2NO2S2/c18-12-4-3-11(14(19)8-12)9-22-13-5-1-10(2-6-13)7-15-16(21)20-17(23)24-15/h1-8H,9H2,(H,20,21,23)/b15-7+. The van der Waals surface area contributed by atoms with E-state index in [9.17, 15) is 4.79 Å². The highest BCUT2D eigenvalue weighted by atomic mass is 35.5. The zero-order valence-electron chi connectivity index (χ0n) is 12.2. The van der Waals surface area contributed by atoms with Crippen LogP contribution in [-0.4, -0.2) is 10.2 Å². The van der Waals surface area contributed by atoms with Crippen LogP contribution in [0.25, 0.3) is 6.08 Å². The first-order valence-corrected chi connectivity index (χ1v) is 8.91. The van der Waals surface area contributed by atoms with Gasteiger partial charge in [-0.05, 0) is 35.9 Å². The number of thioether (sulfide) groups is 1. The molecule has 0 aromatic heterocycles. The molecule has 122 valence electrons. The molecule has 1 aliphatic rings. The minimum Gasteiger partial charge on any atom is -0.489 e. The summed E-state index contributed by atoms with van der Waals surface area (Å²) in [6.07, 6.45) is 1.79. The maximum absolute atomic E-state index is 11.6. The second-order valence-electron chi connectivity index (χ2n) is 4.95. The van der Waals surface area contributed by atoms with Gasteiger partial charge in [0.25, 0.3) is 5.91 Å². The summed E-state index contributed by atoms with van der Waals surface area (Å²) in [7, 11) is 0. The number of hydrogen-bond donors (Lipinski definition) is 1. The first-order valence-electron chi connectivity index (χ1n) is 6.93. The van der Waals surface area contributed by atoms with Crippen LogP contribution in [0.1, 0.15) is 11.1 Å². The summed E-state index contributed by atoms with van der Waals surface area (Å²) in [5.74, 6) is 0.546. The Morgan fingerprint density at radius 1 is 1.17 bits per heavy atom. The molecule has 1 aliphatic heterocycles. The van der Waals surface area contributed by atoms with E-state index in [1.807, 2.05) is 30.3 Å². The normalized spacial score (nSPS) is 15.7. The largest absolute Gasteiger partial charge is 0.489 e. The molecule has 1 heterocycles. The Labute approximate surface area is 159 Å². The van der Waals surface area contributed by atoms with Crippen molar-refractivity contribution in [3.63, 3.8) is 0 Å². The van der Waals surface area contributed by atoms with Crippen LogP contribution in [0, 0.1) is 0 Å². The molecule has 0 spiro atoms. The lowest BCUT2D eigenvalue weighted by atomic mass is 10.2. The van der Waals surface area contributed by atoms with Crippen LogP contribution in [0.5, 0.6) is 5.75 Å². The molecule has 3 rings (SSSR count). The van der Waals surface area contributed by atoms with E-state index in [0.717, 1.165) is 11.1 Å². The van der Waals surface area contributed by atoms with Crippen LogP contribution in [0.4, 0.5) is 0 Å². The number of rotatable bonds is 4. The predicted octanol–water partition coefficient (Wildman–Crippen LogP) is 5.06. The minimum atomic E-state index is -0.164. The van der Waals surface area contributed by atoms with Gasteiger partial charge in [-0.2, -0.15) is 0 Å². The third-order valence-electron chi connectivity index (χ3n) is 3.23. The number of ether oxygens (including phenoxy) is 1. The maximum Gasteiger partial charge on any atom is 0.263 e. The summed E-state index contributed by atoms with van der Waals surface area (Å²) in [5.41, 5.74) is 1.76. The van der Waals surface area contributed by atoms with E-state index in [-0.39, 0.29) is 5.91 Å². The van der Waals surface area contributed by atoms with Crippen molar-refractivity contribution in [2.24, 2.45) is 0 Å². The summed E-state index contributed by atoms with van der Waals surface area (Å²) in [6.45, 7) is 0.350. The SMILES string of the molecule is O=C1NC(=S)S/C1=C/c1ccc(OCc2ccc(Cl)cc2Cl)cc1. The number of thiocarbonyl (C=S) groups is 1. The number of amides is 1. The topological polar surface area (TPSA) is 38.3 Å². The highest BCUT2D eigenvalue weighted by molar-refractivity contribution is 8.26. The van der Waals surface area contributed by atoms with E-state index in [0.29, 0.717) is 31.6 Å². The molecule has 2 aromatic carbocycles. The number of benzene rings is 2. The molecular weight excluding hydrogens is 385 g/mol. The van der Waals surface area contributed by atoms with E-state index in [4.69, 9.17) is 40.2 Å². The van der Waals surface area contributed by atoms with Crippen molar-refractivity contribution in [3.8, 4) is 5.75 Å². The van der Waals surface area contributed by atoms with Gasteiger partial charge in [0.15, 0.2) is 0 Å². The Morgan fingerprint density at radius 3 is 2.54 bits per heavy atom. The lowest BCUT2D eigenvalue weighted by Gasteiger charge is -2.08. The monoisotopic (exact) mass is 395 g/mol. The smallest absolute Gasteiger partial charge is 0.263 e. The second kappa shape index (κ2) is 7.57. The molecule has 0 aliphatic carbocycles. The summed E-state index contributed by atoms with van der Waals surface area (Å²) in [4.78, 5) is 12.2. The van der Waals surface area contributed by atoms with Crippen LogP contribution in [0.15, 0.2) is 47.4 Å². The maximum atomic E-state index is 11.6. The Balaban J connectivity index is 1.65. The van der Waals surface area contributed by atoms with Gasteiger partial charge in [0.2, 0.25) is 0 Å². The van der Waals surface area contributed by atoms with Crippen LogP contribution >= 0.6 is 47.2 Å². The van der Waals surface area contributed by atoms with Crippen molar-refractivity contribution in [1.29, 1.82) is 0 Å². The molecule has 0 saturated carbocycles. The average molecular weight is 396 g/mol. The molecule has 0 unspecified atom stereocenters. The molecule has 1 saturated heterocycles. The Morgan fingerprint density at radius 2 is 1.92 bits per heavy atom. The molecule has 1 N–H and O–H groups in total. The van der Waals surface area contributed by atoms with Crippen LogP contribution < -0.4 is 10.1 Å². The first kappa shape index (κ1) is 17.3. The quantitative estimate of drug-likeness (QED) is 0.579. The fourth-order valence-corrected chi connectivity index (χ4v) is 3.54. The molecule has 1 fully saturated rings. The lowest BCUT2D eigenvalue weighted by molar-refractivity contribution is -0.115. The van der Waals surface area contributed by atoms with Crippen molar-refractivity contribution in [1.82, 2.24) is 5.32 Å². The fourth-order valence-electron chi connectivity index (χ4n) is 2.03. The molecule has 0 bridgehead atoms. The number of carbonyl (C=O) groups is 1. The molecule has 0 radical (unpaired) electrons. The molecule has 0 atom stereocenters. The minimum absolute atomic E-state index is 0.164. The summed E-state index contributed by atoms with van der Waals surface area (Å²) in [5, 5.41) is 3.75. The van der Waals surface area contributed by atoms with Crippen molar-refractivity contribution in [2.75, 3.05) is 0 Å². The van der Waals surface area contributed by atoms with E-state index in [1.54, 1.807) is 18.2 Å². The molecule has 1 amide bonds. The summed E-state index contributed by atoms with van der Waals surface area (Å²) in [6, 6.07) is 12.7. The van der Waals surface area contributed by atoms with Crippen molar-refractivity contribution < 1.29 is 9.53 Å². The first-order chi connectivity index (χ1) is 11.5. The second-order valence-corrected chi connectivity index (χ2v) is 7.51. The molecule has 24 heavy (non-hydrogen) atoms. The number of nitrogens with one attached hydrogen (secondary N) is 1. The van der Waals surface area contributed by atoms with Gasteiger partial charge < -0.3 is 10.1 Å².